The summed E-state index contributed by atoms with van der Waals surface area (Å²) in [5, 5.41) is 0. The van der Waals surface area contributed by atoms with Gasteiger partial charge in [-0.05, 0) is 19.1 Å². The molecule has 0 radical (unpaired) electrons. The summed E-state index contributed by atoms with van der Waals surface area (Å²) >= 11 is 0. The molecule has 0 aromatic carbocycles. The number of anilines is 1. The van der Waals surface area contributed by atoms with Crippen LogP contribution in [-0.2, 0) is 16.4 Å². The van der Waals surface area contributed by atoms with E-state index >= 15 is 0 Å². The Balaban J connectivity index is 2.08. The summed E-state index contributed by atoms with van der Waals surface area (Å²) in [7, 11) is -2.86. The normalized spacial score (nSPS) is 24.6. The smallest absolute Gasteiger partial charge is 0.153 e. The molecule has 1 unspecified atom stereocenters. The van der Waals surface area contributed by atoms with Gasteiger partial charge in [0.2, 0.25) is 0 Å². The molecule has 1 aliphatic heterocycles. The molecule has 2 rings (SSSR count). The van der Waals surface area contributed by atoms with Crippen LogP contribution in [0.3, 0.4) is 0 Å². The standard InChI is InChI=1S/C11H17N3O2S/c1-9-8-17(15,16)6-5-14(9)7-11-10(12)3-2-4-13-11/h2-4,9H,5-8,12H2,1H3. The van der Waals surface area contributed by atoms with Crippen LogP contribution >= 0.6 is 0 Å². The Hall–Kier alpha value is -1.14. The van der Waals surface area contributed by atoms with E-state index in [0.717, 1.165) is 5.69 Å². The van der Waals surface area contributed by atoms with Crippen molar-refractivity contribution < 1.29 is 8.42 Å². The zero-order valence-corrected chi connectivity index (χ0v) is 10.7. The number of hydrogen-bond donors (Lipinski definition) is 1. The fourth-order valence-corrected chi connectivity index (χ4v) is 3.67. The largest absolute Gasteiger partial charge is 0.397 e. The Morgan fingerprint density at radius 3 is 3.00 bits per heavy atom. The van der Waals surface area contributed by atoms with Crippen LogP contribution < -0.4 is 5.73 Å². The lowest BCUT2D eigenvalue weighted by Crippen LogP contribution is -2.46. The van der Waals surface area contributed by atoms with Crippen molar-refractivity contribution in [2.75, 3.05) is 23.8 Å². The van der Waals surface area contributed by atoms with Gasteiger partial charge >= 0.3 is 0 Å². The maximum atomic E-state index is 11.5. The number of nitrogens with zero attached hydrogens (tertiary/aromatic N) is 2. The molecule has 1 fully saturated rings. The molecular formula is C11H17N3O2S. The molecule has 0 bridgehead atoms. The van der Waals surface area contributed by atoms with Crippen molar-refractivity contribution >= 4 is 15.5 Å². The summed E-state index contributed by atoms with van der Waals surface area (Å²) in [6, 6.07) is 3.63. The molecule has 2 heterocycles. The summed E-state index contributed by atoms with van der Waals surface area (Å²) in [6.45, 7) is 3.10. The Morgan fingerprint density at radius 1 is 1.59 bits per heavy atom. The molecule has 6 heteroatoms. The third kappa shape index (κ3) is 2.95. The van der Waals surface area contributed by atoms with Crippen LogP contribution in [0.25, 0.3) is 0 Å². The van der Waals surface area contributed by atoms with Gasteiger partial charge in [0.25, 0.3) is 0 Å². The van der Waals surface area contributed by atoms with Crippen LogP contribution in [0, 0.1) is 0 Å². The molecule has 94 valence electrons. The number of aromatic nitrogens is 1. The van der Waals surface area contributed by atoms with Crippen LogP contribution in [0.15, 0.2) is 18.3 Å². The second-order valence-corrected chi connectivity index (χ2v) is 6.70. The lowest BCUT2D eigenvalue weighted by molar-refractivity contribution is 0.216. The molecule has 1 atom stereocenters. The summed E-state index contributed by atoms with van der Waals surface area (Å²) in [4.78, 5) is 6.34. The van der Waals surface area contributed by atoms with E-state index in [2.05, 4.69) is 9.88 Å². The van der Waals surface area contributed by atoms with Crippen molar-refractivity contribution in [3.8, 4) is 0 Å². The van der Waals surface area contributed by atoms with E-state index in [1.54, 1.807) is 12.3 Å². The zero-order valence-electron chi connectivity index (χ0n) is 9.83. The molecule has 0 amide bonds. The van der Waals surface area contributed by atoms with Crippen molar-refractivity contribution in [2.45, 2.75) is 19.5 Å². The van der Waals surface area contributed by atoms with Gasteiger partial charge in [0, 0.05) is 25.3 Å². The van der Waals surface area contributed by atoms with Gasteiger partial charge in [0.05, 0.1) is 22.9 Å². The monoisotopic (exact) mass is 255 g/mol. The van der Waals surface area contributed by atoms with Crippen LogP contribution in [0.4, 0.5) is 5.69 Å². The molecular weight excluding hydrogens is 238 g/mol. The Bertz CT molecular complexity index is 501. The SMILES string of the molecule is CC1CS(=O)(=O)CCN1Cc1ncccc1N. The Morgan fingerprint density at radius 2 is 2.35 bits per heavy atom. The second-order valence-electron chi connectivity index (χ2n) is 4.47. The van der Waals surface area contributed by atoms with Gasteiger partial charge in [-0.1, -0.05) is 0 Å². The first-order chi connectivity index (χ1) is 7.98. The summed E-state index contributed by atoms with van der Waals surface area (Å²) < 4.78 is 22.9. The van der Waals surface area contributed by atoms with Crippen molar-refractivity contribution in [1.29, 1.82) is 0 Å². The molecule has 2 N–H and O–H groups in total. The van der Waals surface area contributed by atoms with E-state index in [0.29, 0.717) is 18.8 Å². The fraction of sp³-hybridized carbons (Fsp3) is 0.545. The topological polar surface area (TPSA) is 76.3 Å². The molecule has 1 aliphatic rings. The van der Waals surface area contributed by atoms with Crippen LogP contribution in [0.2, 0.25) is 0 Å². The number of pyridine rings is 1. The van der Waals surface area contributed by atoms with E-state index in [1.165, 1.54) is 0 Å². The predicted octanol–water partition coefficient (Wildman–Crippen LogP) is 0.283. The number of rotatable bonds is 2. The first-order valence-corrected chi connectivity index (χ1v) is 7.44. The van der Waals surface area contributed by atoms with E-state index in [1.807, 2.05) is 13.0 Å². The van der Waals surface area contributed by atoms with Crippen molar-refractivity contribution in [2.24, 2.45) is 0 Å². The molecule has 17 heavy (non-hydrogen) atoms. The number of hydrogen-bond acceptors (Lipinski definition) is 5. The Kier molecular flexibility index (Phi) is 3.35. The maximum Gasteiger partial charge on any atom is 0.153 e. The molecule has 0 spiro atoms. The number of nitrogen functional groups attached to an aromatic ring is 1. The average Bonchev–Trinajstić information content (AvgIpc) is 2.24. The van der Waals surface area contributed by atoms with Crippen molar-refractivity contribution in [1.82, 2.24) is 9.88 Å². The fourth-order valence-electron chi connectivity index (χ4n) is 2.04. The van der Waals surface area contributed by atoms with E-state index in [9.17, 15) is 8.42 Å². The van der Waals surface area contributed by atoms with E-state index in [4.69, 9.17) is 5.73 Å². The number of nitrogens with two attached hydrogens (primary N) is 1. The summed E-state index contributed by atoms with van der Waals surface area (Å²) in [6.07, 6.45) is 1.71. The van der Waals surface area contributed by atoms with Crippen molar-refractivity contribution in [3.05, 3.63) is 24.0 Å². The number of sulfone groups is 1. The highest BCUT2D eigenvalue weighted by Gasteiger charge is 2.28. The molecule has 1 aromatic rings. The Labute approximate surface area is 102 Å². The van der Waals surface area contributed by atoms with E-state index < -0.39 is 9.84 Å². The molecule has 0 saturated carbocycles. The van der Waals surface area contributed by atoms with Crippen LogP contribution in [0.5, 0.6) is 0 Å². The zero-order chi connectivity index (χ0) is 12.5. The van der Waals surface area contributed by atoms with Gasteiger partial charge in [-0.25, -0.2) is 8.42 Å². The highest BCUT2D eigenvalue weighted by molar-refractivity contribution is 7.91. The van der Waals surface area contributed by atoms with Gasteiger partial charge in [-0.15, -0.1) is 0 Å². The van der Waals surface area contributed by atoms with Crippen molar-refractivity contribution in [3.63, 3.8) is 0 Å². The first-order valence-electron chi connectivity index (χ1n) is 5.62. The molecule has 5 nitrogen and oxygen atoms in total. The minimum Gasteiger partial charge on any atom is -0.397 e. The van der Waals surface area contributed by atoms with Gasteiger partial charge < -0.3 is 5.73 Å². The van der Waals surface area contributed by atoms with Gasteiger partial charge in [-0.3, -0.25) is 9.88 Å². The first kappa shape index (κ1) is 12.3. The van der Waals surface area contributed by atoms with Crippen LogP contribution in [-0.4, -0.2) is 42.4 Å². The third-order valence-electron chi connectivity index (χ3n) is 3.09. The minimum atomic E-state index is -2.86. The predicted molar refractivity (Wildman–Crippen MR) is 67.2 cm³/mol. The summed E-state index contributed by atoms with van der Waals surface area (Å²) in [5.74, 6) is 0.448. The lowest BCUT2D eigenvalue weighted by atomic mass is 10.2. The highest BCUT2D eigenvalue weighted by Crippen LogP contribution is 2.16. The molecule has 1 saturated heterocycles. The molecule has 0 aliphatic carbocycles. The third-order valence-corrected chi connectivity index (χ3v) is 4.88. The molecule has 1 aromatic heterocycles. The minimum absolute atomic E-state index is 0.0233. The van der Waals surface area contributed by atoms with Gasteiger partial charge in [0.15, 0.2) is 9.84 Å². The second kappa shape index (κ2) is 4.62. The maximum absolute atomic E-state index is 11.5. The van der Waals surface area contributed by atoms with Gasteiger partial charge in [0.1, 0.15) is 0 Å². The van der Waals surface area contributed by atoms with Crippen LogP contribution in [0.1, 0.15) is 12.6 Å². The van der Waals surface area contributed by atoms with E-state index in [-0.39, 0.29) is 17.5 Å². The summed E-state index contributed by atoms with van der Waals surface area (Å²) in [5.41, 5.74) is 7.31. The highest BCUT2D eigenvalue weighted by atomic mass is 32.2. The quantitative estimate of drug-likeness (QED) is 0.821. The average molecular weight is 255 g/mol. The van der Waals surface area contributed by atoms with Gasteiger partial charge in [-0.2, -0.15) is 0 Å². The lowest BCUT2D eigenvalue weighted by Gasteiger charge is -2.32.